The summed E-state index contributed by atoms with van der Waals surface area (Å²) in [4.78, 5) is 0. The van der Waals surface area contributed by atoms with Crippen molar-refractivity contribution in [1.29, 1.82) is 0 Å². The first-order valence-electron chi connectivity index (χ1n) is 5.93. The number of hydrogen-bond acceptors (Lipinski definition) is 6. The molecule has 0 saturated heterocycles. The Labute approximate surface area is 141 Å². The number of rotatable bonds is 3. The van der Waals surface area contributed by atoms with Crippen LogP contribution in [0.3, 0.4) is 0 Å². The zero-order valence-corrected chi connectivity index (χ0v) is 13.9. The number of nitrogens with zero attached hydrogens (tertiary/aromatic N) is 2. The first-order chi connectivity index (χ1) is 9.42. The zero-order chi connectivity index (χ0) is 15.5. The summed E-state index contributed by atoms with van der Waals surface area (Å²) in [5, 5.41) is 47.6. The minimum Gasteiger partial charge on any atom is -2.00 e. The molecule has 0 spiro atoms. The minimum absolute atomic E-state index is 0. The van der Waals surface area contributed by atoms with Gasteiger partial charge in [-0.05, 0) is 13.0 Å². The summed E-state index contributed by atoms with van der Waals surface area (Å²) in [6.07, 6.45) is 1.27. The summed E-state index contributed by atoms with van der Waals surface area (Å²) in [5.41, 5.74) is 0.410. The quantitative estimate of drug-likeness (QED) is 0.337. The SMILES string of the molecule is C/C([O-])=C/C(C)=N/N=C(\[O-])c1ccccc1O.CC[O-].[O-2].[V]. The van der Waals surface area contributed by atoms with E-state index < -0.39 is 5.90 Å². The molecule has 1 N–H and O–H groups in total. The third-order valence-corrected chi connectivity index (χ3v) is 1.85. The molecule has 0 aliphatic carbocycles. The van der Waals surface area contributed by atoms with Crippen molar-refractivity contribution in [3.8, 4) is 5.75 Å². The first-order valence-corrected chi connectivity index (χ1v) is 5.93. The summed E-state index contributed by atoms with van der Waals surface area (Å²) < 4.78 is 0. The standard InChI is InChI=1S/C12H14N2O3.C2H5O.O.V/c1-8(7-9(2)15)13-14-12(17)10-5-3-4-6-11(10)16;1-2-3;;/h3-7,15-16H,1-2H3,(H,14,17);2H2,1H3;;/q;-1;-2;/p-2/b9-7-,13-8+;;;. The third-order valence-electron chi connectivity index (χ3n) is 1.85. The molecule has 7 nitrogen and oxygen atoms in total. The molecule has 0 heterocycles. The van der Waals surface area contributed by atoms with Gasteiger partial charge in [-0.15, -0.1) is 12.4 Å². The van der Waals surface area contributed by atoms with E-state index in [1.54, 1.807) is 26.0 Å². The van der Waals surface area contributed by atoms with Gasteiger partial charge in [0, 0.05) is 30.0 Å². The minimum atomic E-state index is -0.653. The largest absolute Gasteiger partial charge is 2.00 e. The van der Waals surface area contributed by atoms with Gasteiger partial charge in [0.1, 0.15) is 5.75 Å². The molecule has 0 unspecified atom stereocenters. The second kappa shape index (κ2) is 14.2. The van der Waals surface area contributed by atoms with Gasteiger partial charge in [0.25, 0.3) is 0 Å². The van der Waals surface area contributed by atoms with Crippen molar-refractivity contribution in [3.05, 3.63) is 41.7 Å². The molecule has 22 heavy (non-hydrogen) atoms. The Morgan fingerprint density at radius 1 is 1.18 bits per heavy atom. The van der Waals surface area contributed by atoms with Crippen molar-refractivity contribution < 1.29 is 44.5 Å². The van der Waals surface area contributed by atoms with Gasteiger partial charge in [0.2, 0.25) is 0 Å². The average Bonchev–Trinajstić information content (AvgIpc) is 2.36. The van der Waals surface area contributed by atoms with Crippen LogP contribution < -0.4 is 15.3 Å². The molecule has 1 aromatic rings. The molecule has 1 radical (unpaired) electrons. The van der Waals surface area contributed by atoms with E-state index in [1.165, 1.54) is 25.1 Å². The maximum Gasteiger partial charge on any atom is 0.123 e. The van der Waals surface area contributed by atoms with Crippen molar-refractivity contribution in [3.63, 3.8) is 0 Å². The number of aromatic hydroxyl groups is 1. The Bertz CT molecular complexity index is 512. The molecule has 8 heteroatoms. The number of hydrogen-bond donors (Lipinski definition) is 1. The van der Waals surface area contributed by atoms with Gasteiger partial charge in [-0.3, -0.25) is 0 Å². The third kappa shape index (κ3) is 10.9. The van der Waals surface area contributed by atoms with Crippen LogP contribution in [0.15, 0.2) is 46.3 Å². The predicted octanol–water partition coefficient (Wildman–Crippen LogP) is -0.616. The maximum atomic E-state index is 11.5. The van der Waals surface area contributed by atoms with Gasteiger partial charge in [0.15, 0.2) is 0 Å². The number of para-hydroxylation sites is 1. The van der Waals surface area contributed by atoms with E-state index >= 15 is 0 Å². The fourth-order valence-electron chi connectivity index (χ4n) is 1.16. The maximum absolute atomic E-state index is 11.5. The number of phenols is 1. The van der Waals surface area contributed by atoms with Crippen molar-refractivity contribution in [2.75, 3.05) is 6.61 Å². The van der Waals surface area contributed by atoms with Crippen LogP contribution in [0.2, 0.25) is 0 Å². The molecule has 0 aliphatic heterocycles. The van der Waals surface area contributed by atoms with E-state index in [1.807, 2.05) is 0 Å². The normalized spacial score (nSPS) is 11.5. The molecular formula is C14H17N2O5V-5. The molecule has 123 valence electrons. The van der Waals surface area contributed by atoms with E-state index in [-0.39, 0.29) is 47.7 Å². The smallest absolute Gasteiger partial charge is 0.123 e. The van der Waals surface area contributed by atoms with E-state index in [0.29, 0.717) is 5.71 Å². The van der Waals surface area contributed by atoms with Gasteiger partial charge in [0.05, 0.1) is 5.71 Å². The van der Waals surface area contributed by atoms with Crippen LogP contribution in [0.1, 0.15) is 26.3 Å². The molecule has 0 bridgehead atoms. The van der Waals surface area contributed by atoms with Crippen molar-refractivity contribution >= 4 is 11.6 Å². The van der Waals surface area contributed by atoms with Crippen LogP contribution >= 0.6 is 0 Å². The fraction of sp³-hybridized carbons (Fsp3) is 0.286. The molecule has 0 amide bonds. The van der Waals surface area contributed by atoms with E-state index in [2.05, 4.69) is 10.2 Å². The Morgan fingerprint density at radius 2 is 1.68 bits per heavy atom. The summed E-state index contributed by atoms with van der Waals surface area (Å²) in [7, 11) is 0. The monoisotopic (exact) mass is 344 g/mol. The summed E-state index contributed by atoms with van der Waals surface area (Å²) >= 11 is 0. The Kier molecular flexibility index (Phi) is 16.2. The van der Waals surface area contributed by atoms with Crippen molar-refractivity contribution in [2.24, 2.45) is 10.2 Å². The van der Waals surface area contributed by atoms with Crippen LogP contribution in [-0.4, -0.2) is 23.3 Å². The van der Waals surface area contributed by atoms with Crippen LogP contribution in [0.4, 0.5) is 0 Å². The predicted molar refractivity (Wildman–Crippen MR) is 72.7 cm³/mol. The molecule has 0 aromatic heterocycles. The number of allylic oxidation sites excluding steroid dienone is 2. The Hall–Kier alpha value is -1.80. The first kappa shape index (κ1) is 25.2. The van der Waals surface area contributed by atoms with Gasteiger partial charge < -0.3 is 25.9 Å². The molecule has 0 saturated carbocycles. The van der Waals surface area contributed by atoms with Crippen LogP contribution in [-0.2, 0) is 24.0 Å². The second-order valence-corrected chi connectivity index (χ2v) is 3.71. The van der Waals surface area contributed by atoms with Crippen LogP contribution in [0, 0.1) is 0 Å². The summed E-state index contributed by atoms with van der Waals surface area (Å²) in [6.45, 7) is 4.51. The summed E-state index contributed by atoms with van der Waals surface area (Å²) in [6, 6.07) is 6.05. The van der Waals surface area contributed by atoms with Crippen molar-refractivity contribution in [1.82, 2.24) is 0 Å². The Morgan fingerprint density at radius 3 is 2.14 bits per heavy atom. The molecular weight excluding hydrogens is 327 g/mol. The second-order valence-electron chi connectivity index (χ2n) is 3.71. The fourth-order valence-corrected chi connectivity index (χ4v) is 1.16. The Balaban J connectivity index is -0.000000666. The van der Waals surface area contributed by atoms with Gasteiger partial charge in [-0.25, -0.2) is 0 Å². The van der Waals surface area contributed by atoms with Crippen LogP contribution in [0.25, 0.3) is 0 Å². The topological polar surface area (TPSA) is 143 Å². The van der Waals surface area contributed by atoms with Crippen molar-refractivity contribution in [2.45, 2.75) is 20.8 Å². The van der Waals surface area contributed by atoms with Crippen LogP contribution in [0.5, 0.6) is 5.75 Å². The zero-order valence-electron chi connectivity index (χ0n) is 12.5. The van der Waals surface area contributed by atoms with Gasteiger partial charge in [-0.2, -0.15) is 10.2 Å². The molecule has 0 fully saturated rings. The molecule has 0 aliphatic rings. The van der Waals surface area contributed by atoms with E-state index in [9.17, 15) is 15.3 Å². The molecule has 1 aromatic carbocycles. The average molecular weight is 344 g/mol. The summed E-state index contributed by atoms with van der Waals surface area (Å²) in [5.74, 6) is -0.972. The van der Waals surface area contributed by atoms with E-state index in [0.717, 1.165) is 0 Å². The van der Waals surface area contributed by atoms with Gasteiger partial charge in [-0.1, -0.05) is 38.1 Å². The molecule has 0 atom stereocenters. The molecule has 1 rings (SSSR count). The van der Waals surface area contributed by atoms with Gasteiger partial charge >= 0.3 is 0 Å². The van der Waals surface area contributed by atoms with E-state index in [4.69, 9.17) is 5.11 Å². The number of benzene rings is 1. The number of phenolic OH excluding ortho intramolecular Hbond substituents is 1.